The number of fused-ring (bicyclic) bond motifs is 9. The van der Waals surface area contributed by atoms with Gasteiger partial charge in [-0.3, -0.25) is 0 Å². The van der Waals surface area contributed by atoms with Crippen molar-refractivity contribution in [2.24, 2.45) is 0 Å². The molecule has 0 aliphatic heterocycles. The molecule has 0 saturated carbocycles. The molecular weight excluding hydrogens is 597 g/mol. The smallest absolute Gasteiger partial charge is 0.137 e. The highest BCUT2D eigenvalue weighted by Crippen LogP contribution is 2.48. The molecule has 0 amide bonds. The summed E-state index contributed by atoms with van der Waals surface area (Å²) in [5.74, 6) is 0. The van der Waals surface area contributed by atoms with Gasteiger partial charge in [0, 0.05) is 55.3 Å². The zero-order valence-electron chi connectivity index (χ0n) is 27.7. The molecule has 234 valence electrons. The molecule has 0 fully saturated rings. The lowest BCUT2D eigenvalue weighted by Gasteiger charge is -2.29. The summed E-state index contributed by atoms with van der Waals surface area (Å²) in [5, 5.41) is 7.26. The van der Waals surface area contributed by atoms with E-state index in [-0.39, 0.29) is 5.41 Å². The molecule has 0 atom stereocenters. The van der Waals surface area contributed by atoms with E-state index in [0.717, 1.165) is 50.1 Å². The summed E-state index contributed by atoms with van der Waals surface area (Å²) < 4.78 is 9.00. The number of benzene rings is 7. The van der Waals surface area contributed by atoms with Crippen LogP contribution in [0.25, 0.3) is 71.2 Å². The molecule has 3 nitrogen and oxygen atoms in total. The van der Waals surface area contributed by atoms with Crippen molar-refractivity contribution in [1.82, 2.24) is 4.40 Å². The van der Waals surface area contributed by atoms with E-state index >= 15 is 0 Å². The molecule has 0 bridgehead atoms. The fourth-order valence-corrected chi connectivity index (χ4v) is 7.90. The zero-order valence-corrected chi connectivity index (χ0v) is 27.7. The summed E-state index contributed by atoms with van der Waals surface area (Å²) in [4.78, 5) is 2.43. The van der Waals surface area contributed by atoms with Gasteiger partial charge in [-0.25, -0.2) is 0 Å². The van der Waals surface area contributed by atoms with Gasteiger partial charge in [-0.1, -0.05) is 118 Å². The maximum atomic E-state index is 6.55. The highest BCUT2D eigenvalue weighted by Gasteiger charge is 2.25. The third kappa shape index (κ3) is 4.15. The average Bonchev–Trinajstić information content (AvgIpc) is 3.78. The molecule has 3 heterocycles. The number of para-hydroxylation sites is 3. The van der Waals surface area contributed by atoms with E-state index in [2.05, 4.69) is 176 Å². The van der Waals surface area contributed by atoms with Crippen molar-refractivity contribution in [2.75, 3.05) is 4.90 Å². The Kier molecular flexibility index (Phi) is 5.84. The minimum atomic E-state index is 0.0438. The van der Waals surface area contributed by atoms with Gasteiger partial charge in [0.05, 0.1) is 22.2 Å². The Labute approximate surface area is 284 Å². The highest BCUT2D eigenvalue weighted by atomic mass is 16.3. The Morgan fingerprint density at radius 1 is 0.490 bits per heavy atom. The first-order valence-corrected chi connectivity index (χ1v) is 17.0. The van der Waals surface area contributed by atoms with Gasteiger partial charge < -0.3 is 13.7 Å². The van der Waals surface area contributed by atoms with Crippen molar-refractivity contribution >= 4 is 77.1 Å². The van der Waals surface area contributed by atoms with Crippen LogP contribution in [0.2, 0.25) is 0 Å². The second-order valence-corrected chi connectivity index (χ2v) is 14.2. The first kappa shape index (κ1) is 28.0. The van der Waals surface area contributed by atoms with Crippen LogP contribution in [0.15, 0.2) is 156 Å². The fourth-order valence-electron chi connectivity index (χ4n) is 7.90. The van der Waals surface area contributed by atoms with E-state index < -0.39 is 0 Å². The Balaban J connectivity index is 1.34. The number of furan rings is 1. The number of aromatic nitrogens is 1. The maximum Gasteiger partial charge on any atom is 0.137 e. The maximum absolute atomic E-state index is 6.55. The van der Waals surface area contributed by atoms with E-state index in [1.54, 1.807) is 0 Å². The molecular formula is C46H34N2O. The van der Waals surface area contributed by atoms with Crippen molar-refractivity contribution in [3.63, 3.8) is 0 Å². The second-order valence-electron chi connectivity index (χ2n) is 14.2. The van der Waals surface area contributed by atoms with Gasteiger partial charge in [0.25, 0.3) is 0 Å². The molecule has 0 aliphatic carbocycles. The summed E-state index contributed by atoms with van der Waals surface area (Å²) in [5.41, 5.74) is 12.4. The Morgan fingerprint density at radius 2 is 1.08 bits per heavy atom. The van der Waals surface area contributed by atoms with E-state index in [9.17, 15) is 0 Å². The normalized spacial score (nSPS) is 12.4. The van der Waals surface area contributed by atoms with Crippen LogP contribution in [-0.2, 0) is 5.41 Å². The van der Waals surface area contributed by atoms with Gasteiger partial charge in [0.1, 0.15) is 11.2 Å². The average molecular weight is 631 g/mol. The molecule has 0 radical (unpaired) electrons. The number of nitrogens with zero attached hydrogens (tertiary/aromatic N) is 2. The summed E-state index contributed by atoms with van der Waals surface area (Å²) in [6.07, 6.45) is 0. The van der Waals surface area contributed by atoms with Gasteiger partial charge in [-0.05, 0) is 65.1 Å². The van der Waals surface area contributed by atoms with Crippen LogP contribution in [0.5, 0.6) is 0 Å². The van der Waals surface area contributed by atoms with Crippen molar-refractivity contribution in [1.29, 1.82) is 0 Å². The number of hydrogen-bond donors (Lipinski definition) is 0. The number of anilines is 3. The molecule has 3 heteroatoms. The molecule has 0 N–H and O–H groups in total. The van der Waals surface area contributed by atoms with E-state index in [1.165, 1.54) is 43.7 Å². The zero-order chi connectivity index (χ0) is 32.9. The molecule has 3 aromatic heterocycles. The highest BCUT2D eigenvalue weighted by molar-refractivity contribution is 6.24. The van der Waals surface area contributed by atoms with Crippen molar-refractivity contribution in [3.05, 3.63) is 157 Å². The number of hydrogen-bond acceptors (Lipinski definition) is 2. The summed E-state index contributed by atoms with van der Waals surface area (Å²) in [6.45, 7) is 6.81. The topological polar surface area (TPSA) is 20.8 Å². The predicted molar refractivity (Wildman–Crippen MR) is 207 cm³/mol. The lowest BCUT2D eigenvalue weighted by Crippen LogP contribution is -2.14. The summed E-state index contributed by atoms with van der Waals surface area (Å²) in [6, 6.07) is 55.1. The largest absolute Gasteiger partial charge is 0.456 e. The molecule has 0 unspecified atom stereocenters. The van der Waals surface area contributed by atoms with Crippen LogP contribution < -0.4 is 4.90 Å². The van der Waals surface area contributed by atoms with Crippen LogP contribution in [0, 0.1) is 0 Å². The third-order valence-electron chi connectivity index (χ3n) is 10.3. The lowest BCUT2D eigenvalue weighted by molar-refractivity contribution is 0.590. The Morgan fingerprint density at radius 3 is 1.73 bits per heavy atom. The Bertz CT molecular complexity index is 2770. The minimum absolute atomic E-state index is 0.0438. The van der Waals surface area contributed by atoms with Crippen LogP contribution in [0.1, 0.15) is 26.3 Å². The van der Waals surface area contributed by atoms with Crippen LogP contribution in [0.3, 0.4) is 0 Å². The van der Waals surface area contributed by atoms with Gasteiger partial charge in [-0.2, -0.15) is 0 Å². The van der Waals surface area contributed by atoms with Crippen molar-refractivity contribution < 1.29 is 4.42 Å². The van der Waals surface area contributed by atoms with Crippen LogP contribution >= 0.6 is 0 Å². The van der Waals surface area contributed by atoms with Gasteiger partial charge >= 0.3 is 0 Å². The van der Waals surface area contributed by atoms with Gasteiger partial charge in [0.15, 0.2) is 0 Å². The second kappa shape index (κ2) is 10.2. The summed E-state index contributed by atoms with van der Waals surface area (Å²) in [7, 11) is 0. The monoisotopic (exact) mass is 630 g/mol. The number of rotatable bonds is 4. The molecule has 0 aliphatic rings. The molecule has 10 rings (SSSR count). The van der Waals surface area contributed by atoms with Crippen molar-refractivity contribution in [2.45, 2.75) is 26.2 Å². The van der Waals surface area contributed by atoms with E-state index in [0.29, 0.717) is 0 Å². The molecule has 0 saturated heterocycles. The van der Waals surface area contributed by atoms with Crippen LogP contribution in [0.4, 0.5) is 17.1 Å². The first-order chi connectivity index (χ1) is 23.9. The Hall–Kier alpha value is -6.06. The minimum Gasteiger partial charge on any atom is -0.456 e. The third-order valence-corrected chi connectivity index (χ3v) is 10.3. The molecule has 10 aromatic rings. The quantitative estimate of drug-likeness (QED) is 0.193. The summed E-state index contributed by atoms with van der Waals surface area (Å²) >= 11 is 0. The molecule has 0 spiro atoms. The van der Waals surface area contributed by atoms with Gasteiger partial charge in [0.2, 0.25) is 0 Å². The van der Waals surface area contributed by atoms with E-state index in [4.69, 9.17) is 4.42 Å². The predicted octanol–water partition coefficient (Wildman–Crippen LogP) is 13.2. The van der Waals surface area contributed by atoms with Crippen LogP contribution in [-0.4, -0.2) is 4.40 Å². The SMILES string of the molecule is CC(C)(C)c1ccc(N(c2cc3c4ccccc4n4c5ccccc5c(c2)c34)c2cc3oc4ccccc4c3cc2-c2ccccc2)cc1. The lowest BCUT2D eigenvalue weighted by atomic mass is 9.87. The standard InChI is InChI=1S/C46H34N2O/c1-46(2,3)30-21-23-31(24-22-30)47(42-28-44-37(35-17-9-12-20-43(35)49-44)27-36(42)29-13-5-4-6-14-29)32-25-38-33-15-7-10-18-40(33)48-41-19-11-8-16-34(41)39(26-32)45(38)48/h4-28H,1-3H3. The molecule has 7 aromatic carbocycles. The van der Waals surface area contributed by atoms with Gasteiger partial charge in [-0.15, -0.1) is 0 Å². The first-order valence-electron chi connectivity index (χ1n) is 17.0. The molecule has 49 heavy (non-hydrogen) atoms. The van der Waals surface area contributed by atoms with E-state index in [1.807, 2.05) is 6.07 Å². The van der Waals surface area contributed by atoms with Crippen molar-refractivity contribution in [3.8, 4) is 11.1 Å². The fraction of sp³-hybridized carbons (Fsp3) is 0.0870.